The molecule has 0 aliphatic heterocycles. The molecule has 152 valence electrons. The Morgan fingerprint density at radius 2 is 1.83 bits per heavy atom. The zero-order chi connectivity index (χ0) is 21.3. The third kappa shape index (κ3) is 3.72. The molecule has 0 aliphatic carbocycles. The number of unbranched alkanes of at least 4 members (excludes halogenated alkanes) is 1. The summed E-state index contributed by atoms with van der Waals surface area (Å²) >= 11 is 0. The van der Waals surface area contributed by atoms with E-state index in [9.17, 15) is 28.6 Å². The van der Waals surface area contributed by atoms with Crippen LogP contribution in [0.1, 0.15) is 53.7 Å². The van der Waals surface area contributed by atoms with Crippen LogP contribution in [-0.2, 0) is 4.79 Å². The second-order valence-corrected chi connectivity index (χ2v) is 7.00. The van der Waals surface area contributed by atoms with Crippen molar-refractivity contribution in [3.8, 4) is 5.75 Å². The molecule has 2 N–H and O–H groups in total. The minimum atomic E-state index is -1.14. The predicted octanol–water partition coefficient (Wildman–Crippen LogP) is 4.98. The molecule has 0 spiro atoms. The molecule has 0 aliphatic rings. The van der Waals surface area contributed by atoms with Crippen molar-refractivity contribution >= 4 is 22.8 Å². The fourth-order valence-corrected chi connectivity index (χ4v) is 3.69. The summed E-state index contributed by atoms with van der Waals surface area (Å²) in [5.41, 5.74) is 1.16. The Labute approximate surface area is 166 Å². The third-order valence-electron chi connectivity index (χ3n) is 5.10. The van der Waals surface area contributed by atoms with E-state index >= 15 is 0 Å². The van der Waals surface area contributed by atoms with Gasteiger partial charge in [0.1, 0.15) is 5.75 Å². The number of carbonyl (C=O) groups excluding carboxylic acids is 1. The normalized spacial score (nSPS) is 12.3. The summed E-state index contributed by atoms with van der Waals surface area (Å²) in [5.74, 6) is -4.76. The number of hydrogen-bond donors (Lipinski definition) is 2. The van der Waals surface area contributed by atoms with Gasteiger partial charge in [-0.25, -0.2) is 8.78 Å². The molecular formula is C22H21F2NO4. The molecule has 0 unspecified atom stereocenters. The lowest BCUT2D eigenvalue weighted by Crippen LogP contribution is -2.16. The number of aliphatic carboxylic acids is 1. The van der Waals surface area contributed by atoms with Gasteiger partial charge < -0.3 is 10.2 Å². The molecule has 0 amide bonds. The Bertz CT molecular complexity index is 1100. The third-order valence-corrected chi connectivity index (χ3v) is 5.10. The minimum Gasteiger partial charge on any atom is -0.508 e. The average molecular weight is 401 g/mol. The lowest BCUT2D eigenvalue weighted by Gasteiger charge is -2.13. The van der Waals surface area contributed by atoms with Crippen molar-refractivity contribution < 1.29 is 28.6 Å². The molecule has 1 atom stereocenters. The van der Waals surface area contributed by atoms with Gasteiger partial charge in [0.15, 0.2) is 11.6 Å². The number of carboxylic acid groups (broad SMARTS) is 1. The van der Waals surface area contributed by atoms with E-state index in [-0.39, 0.29) is 11.3 Å². The van der Waals surface area contributed by atoms with E-state index in [0.717, 1.165) is 18.6 Å². The molecule has 1 aromatic heterocycles. The van der Waals surface area contributed by atoms with E-state index in [1.807, 2.05) is 6.92 Å². The monoisotopic (exact) mass is 401 g/mol. The van der Waals surface area contributed by atoms with Gasteiger partial charge in [0.05, 0.1) is 11.4 Å². The average Bonchev–Trinajstić information content (AvgIpc) is 2.95. The maximum Gasteiger partial charge on any atom is 0.311 e. The number of carbonyl (C=O) groups is 2. The molecule has 0 radical (unpaired) electrons. The van der Waals surface area contributed by atoms with Crippen molar-refractivity contribution in [3.05, 3.63) is 64.9 Å². The Morgan fingerprint density at radius 3 is 2.45 bits per heavy atom. The van der Waals surface area contributed by atoms with Gasteiger partial charge in [-0.15, -0.1) is 0 Å². The van der Waals surface area contributed by atoms with Gasteiger partial charge in [-0.3, -0.25) is 14.2 Å². The predicted molar refractivity (Wildman–Crippen MR) is 104 cm³/mol. The molecule has 0 saturated heterocycles. The van der Waals surface area contributed by atoms with Gasteiger partial charge in [0.2, 0.25) is 0 Å². The van der Waals surface area contributed by atoms with E-state index in [4.69, 9.17) is 0 Å². The van der Waals surface area contributed by atoms with E-state index in [1.165, 1.54) is 28.8 Å². The van der Waals surface area contributed by atoms with Crippen LogP contribution in [-0.4, -0.2) is 26.7 Å². The van der Waals surface area contributed by atoms with Crippen molar-refractivity contribution in [3.63, 3.8) is 0 Å². The maximum absolute atomic E-state index is 13.7. The highest BCUT2D eigenvalue weighted by molar-refractivity contribution is 6.05. The van der Waals surface area contributed by atoms with E-state index in [1.54, 1.807) is 6.92 Å². The van der Waals surface area contributed by atoms with Gasteiger partial charge in [-0.1, -0.05) is 19.8 Å². The van der Waals surface area contributed by atoms with Gasteiger partial charge in [0.25, 0.3) is 5.91 Å². The lowest BCUT2D eigenvalue weighted by atomic mass is 9.91. The molecule has 2 aromatic carbocycles. The van der Waals surface area contributed by atoms with Crippen LogP contribution in [0.2, 0.25) is 0 Å². The summed E-state index contributed by atoms with van der Waals surface area (Å²) in [6.07, 6.45) is 1.86. The van der Waals surface area contributed by atoms with Crippen molar-refractivity contribution in [1.82, 2.24) is 4.57 Å². The summed E-state index contributed by atoms with van der Waals surface area (Å²) < 4.78 is 28.2. The first-order chi connectivity index (χ1) is 13.8. The Kier molecular flexibility index (Phi) is 5.68. The van der Waals surface area contributed by atoms with Crippen LogP contribution in [0.4, 0.5) is 8.78 Å². The number of nitrogens with zero attached hydrogens (tertiary/aromatic N) is 1. The van der Waals surface area contributed by atoms with Gasteiger partial charge >= 0.3 is 5.97 Å². The number of rotatable bonds is 6. The van der Waals surface area contributed by atoms with Crippen LogP contribution in [0.25, 0.3) is 10.9 Å². The van der Waals surface area contributed by atoms with Crippen LogP contribution in [0.3, 0.4) is 0 Å². The summed E-state index contributed by atoms with van der Waals surface area (Å²) in [6, 6.07) is 7.19. The first-order valence-electron chi connectivity index (χ1n) is 9.32. The lowest BCUT2D eigenvalue weighted by molar-refractivity contribution is -0.139. The fraction of sp³-hybridized carbons (Fsp3) is 0.273. The minimum absolute atomic E-state index is 0.0594. The Hall–Kier alpha value is -3.22. The molecule has 1 heterocycles. The summed E-state index contributed by atoms with van der Waals surface area (Å²) in [6.45, 7) is 3.57. The largest absolute Gasteiger partial charge is 0.508 e. The number of aromatic nitrogens is 1. The van der Waals surface area contributed by atoms with Crippen molar-refractivity contribution in [2.24, 2.45) is 0 Å². The van der Waals surface area contributed by atoms with E-state index < -0.39 is 29.4 Å². The highest BCUT2D eigenvalue weighted by atomic mass is 19.2. The molecule has 7 heteroatoms. The molecule has 0 bridgehead atoms. The van der Waals surface area contributed by atoms with Crippen molar-refractivity contribution in [2.45, 2.75) is 39.0 Å². The number of benzene rings is 2. The highest BCUT2D eigenvalue weighted by Crippen LogP contribution is 2.37. The number of fused-ring (bicyclic) bond motifs is 1. The maximum atomic E-state index is 13.7. The number of phenolic OH excluding ortho intramolecular Hbond substituents is 1. The number of aromatic hydroxyl groups is 1. The SMILES string of the molecule is CCCC[C@H](C(=O)O)c1c(C)n(C(=O)c2ccc(F)c(F)c2)c2ccc(O)cc12. The zero-order valence-corrected chi connectivity index (χ0v) is 16.1. The number of halogens is 2. The van der Waals surface area contributed by atoms with E-state index in [0.29, 0.717) is 35.0 Å². The Balaban J connectivity index is 2.25. The Morgan fingerprint density at radius 1 is 1.10 bits per heavy atom. The van der Waals surface area contributed by atoms with Crippen molar-refractivity contribution in [1.29, 1.82) is 0 Å². The van der Waals surface area contributed by atoms with Crippen LogP contribution < -0.4 is 0 Å². The van der Waals surface area contributed by atoms with Gasteiger partial charge in [-0.05, 0) is 55.3 Å². The summed E-state index contributed by atoms with van der Waals surface area (Å²) in [7, 11) is 0. The second-order valence-electron chi connectivity index (χ2n) is 7.00. The first-order valence-corrected chi connectivity index (χ1v) is 9.32. The van der Waals surface area contributed by atoms with Crippen LogP contribution in [0, 0.1) is 18.6 Å². The summed E-state index contributed by atoms with van der Waals surface area (Å²) in [5, 5.41) is 20.2. The topological polar surface area (TPSA) is 79.5 Å². The quantitative estimate of drug-likeness (QED) is 0.611. The molecular weight excluding hydrogens is 380 g/mol. The molecule has 0 fully saturated rings. The zero-order valence-electron chi connectivity index (χ0n) is 16.1. The summed E-state index contributed by atoms with van der Waals surface area (Å²) in [4.78, 5) is 25.1. The number of hydrogen-bond acceptors (Lipinski definition) is 3. The van der Waals surface area contributed by atoms with E-state index in [2.05, 4.69) is 0 Å². The first kappa shape index (κ1) is 20.5. The fourth-order valence-electron chi connectivity index (χ4n) is 3.69. The smallest absolute Gasteiger partial charge is 0.311 e. The standard InChI is InChI=1S/C22H21F2NO4/c1-3-4-5-15(22(28)29)20-12(2)25(19-9-7-14(26)11-16(19)20)21(27)13-6-8-17(23)18(24)10-13/h6-11,15,26H,3-5H2,1-2H3,(H,28,29)/t15-/m0/s1. The molecule has 0 saturated carbocycles. The van der Waals surface area contributed by atoms with Crippen LogP contribution in [0.15, 0.2) is 36.4 Å². The molecule has 29 heavy (non-hydrogen) atoms. The number of carboxylic acids is 1. The van der Waals surface area contributed by atoms with Gasteiger partial charge in [-0.2, -0.15) is 0 Å². The molecule has 5 nitrogen and oxygen atoms in total. The van der Waals surface area contributed by atoms with Crippen molar-refractivity contribution in [2.75, 3.05) is 0 Å². The van der Waals surface area contributed by atoms with Gasteiger partial charge in [0, 0.05) is 16.6 Å². The highest BCUT2D eigenvalue weighted by Gasteiger charge is 2.29. The molecule has 3 rings (SSSR count). The molecule has 3 aromatic rings. The second kappa shape index (κ2) is 8.03. The van der Waals surface area contributed by atoms with Crippen LogP contribution >= 0.6 is 0 Å². The van der Waals surface area contributed by atoms with Crippen LogP contribution in [0.5, 0.6) is 5.75 Å². The number of phenols is 1.